The number of aromatic nitrogens is 6. The number of pyridine rings is 2. The first kappa shape index (κ1) is 35.0. The Morgan fingerprint density at radius 1 is 0.387 bits per heavy atom. The summed E-state index contributed by atoms with van der Waals surface area (Å²) in [6, 6.07) is 62.9. The van der Waals surface area contributed by atoms with E-state index in [0.717, 1.165) is 88.1 Å². The SMILES string of the molecule is [Pd+2].[c-]1c(Oc2[c-]c3c(cc2)c2ccc4c(c5ccccc5n4-c4ccccc4)c2n2ccnc32)ccc2c1c1nccn1c1c2ccc2c1c1ccccc1n2-c1ccccc1. The molecule has 62 heavy (non-hydrogen) atoms. The van der Waals surface area contributed by atoms with Crippen LogP contribution in [-0.4, -0.2) is 27.9 Å². The van der Waals surface area contributed by atoms with Crippen LogP contribution in [-0.2, 0) is 20.4 Å². The van der Waals surface area contributed by atoms with E-state index >= 15 is 0 Å². The fourth-order valence-electron chi connectivity index (χ4n) is 10.1. The van der Waals surface area contributed by atoms with Gasteiger partial charge < -0.3 is 22.7 Å². The Bertz CT molecular complexity index is 3870. The number of hydrogen-bond acceptors (Lipinski definition) is 3. The summed E-state index contributed by atoms with van der Waals surface area (Å²) in [5.74, 6) is 1.18. The van der Waals surface area contributed by atoms with Crippen LogP contribution in [0.4, 0.5) is 0 Å². The molecule has 0 unspecified atom stereocenters. The Morgan fingerprint density at radius 2 is 0.806 bits per heavy atom. The molecule has 0 aliphatic carbocycles. The van der Waals surface area contributed by atoms with Crippen LogP contribution >= 0.6 is 0 Å². The van der Waals surface area contributed by atoms with Crippen LogP contribution in [0.2, 0.25) is 0 Å². The van der Waals surface area contributed by atoms with Crippen LogP contribution in [0.25, 0.3) is 110 Å². The molecule has 0 fully saturated rings. The van der Waals surface area contributed by atoms with Crippen LogP contribution in [0.1, 0.15) is 0 Å². The molecule has 7 nitrogen and oxygen atoms in total. The summed E-state index contributed by atoms with van der Waals surface area (Å²) < 4.78 is 15.8. The van der Waals surface area contributed by atoms with Crippen LogP contribution in [0, 0.1) is 12.1 Å². The van der Waals surface area contributed by atoms with E-state index in [1.54, 1.807) is 0 Å². The molecule has 292 valence electrons. The topological polar surface area (TPSA) is 53.7 Å². The van der Waals surface area contributed by atoms with Gasteiger partial charge in [-0.2, -0.15) is 0 Å². The number of ether oxygens (including phenoxy) is 1. The molecule has 0 N–H and O–H groups in total. The molecule has 14 rings (SSSR count). The van der Waals surface area contributed by atoms with Crippen molar-refractivity contribution in [2.75, 3.05) is 0 Å². The van der Waals surface area contributed by atoms with Crippen molar-refractivity contribution < 1.29 is 25.2 Å². The van der Waals surface area contributed by atoms with E-state index in [2.05, 4.69) is 188 Å². The Labute approximate surface area is 366 Å². The largest absolute Gasteiger partial charge is 2.00 e. The third-order valence-corrected chi connectivity index (χ3v) is 12.5. The molecule has 0 saturated heterocycles. The maximum Gasteiger partial charge on any atom is 2.00 e. The smallest absolute Gasteiger partial charge is 0.497 e. The van der Waals surface area contributed by atoms with Crippen molar-refractivity contribution in [2.45, 2.75) is 0 Å². The van der Waals surface area contributed by atoms with Crippen molar-refractivity contribution in [1.82, 2.24) is 27.9 Å². The average Bonchev–Trinajstić information content (AvgIpc) is 4.13. The quantitative estimate of drug-likeness (QED) is 0.101. The molecule has 14 aromatic rings. The maximum absolute atomic E-state index is 6.64. The molecule has 0 radical (unpaired) electrons. The molecule has 0 atom stereocenters. The predicted molar refractivity (Wildman–Crippen MR) is 247 cm³/mol. The predicted octanol–water partition coefficient (Wildman–Crippen LogP) is 13.2. The summed E-state index contributed by atoms with van der Waals surface area (Å²) in [6.45, 7) is 0. The van der Waals surface area contributed by atoms with E-state index in [1.807, 2.05) is 24.5 Å². The van der Waals surface area contributed by atoms with Gasteiger partial charge in [0.25, 0.3) is 0 Å². The van der Waals surface area contributed by atoms with Crippen LogP contribution in [0.5, 0.6) is 11.5 Å². The number of fused-ring (bicyclic) bond motifs is 20. The zero-order valence-electron chi connectivity index (χ0n) is 32.7. The van der Waals surface area contributed by atoms with Crippen molar-refractivity contribution in [3.63, 3.8) is 0 Å². The van der Waals surface area contributed by atoms with E-state index < -0.39 is 0 Å². The van der Waals surface area contributed by atoms with Crippen molar-refractivity contribution in [2.24, 2.45) is 0 Å². The molecule has 6 aromatic heterocycles. The van der Waals surface area contributed by atoms with Gasteiger partial charge in [0.05, 0.1) is 33.4 Å². The van der Waals surface area contributed by atoms with E-state index in [0.29, 0.717) is 11.5 Å². The standard InChI is InChI=1S/C54H30N6O.Pd/c1-3-11-33(12-4-1)59-45-17-9-7-15-41(45)49-47(59)25-23-39-37-21-19-35(31-43(37)53-55-27-29-57(53)51(39)49)61-36-20-22-38-40-24-26-48-50(52(40)58-30-28-56-54(58)44(38)32-36)42-16-8-10-18-46(42)60(48)34-13-5-2-6-14-34;/h1-30H;/q-2;+2. The van der Waals surface area contributed by atoms with Gasteiger partial charge in [-0.05, 0) is 59.3 Å². The summed E-state index contributed by atoms with van der Waals surface area (Å²) >= 11 is 0. The Hall–Kier alpha value is -7.76. The molecule has 0 bridgehead atoms. The molecule has 0 saturated carbocycles. The van der Waals surface area contributed by atoms with Crippen LogP contribution < -0.4 is 4.74 Å². The van der Waals surface area contributed by atoms with E-state index in [1.165, 1.54) is 21.5 Å². The monoisotopic (exact) mass is 884 g/mol. The molecule has 0 aliphatic rings. The second-order valence-electron chi connectivity index (χ2n) is 15.7. The van der Waals surface area contributed by atoms with E-state index in [9.17, 15) is 0 Å². The minimum Gasteiger partial charge on any atom is -0.497 e. The van der Waals surface area contributed by atoms with Gasteiger partial charge in [0, 0.05) is 80.2 Å². The fraction of sp³-hybridized carbons (Fsp3) is 0. The van der Waals surface area contributed by atoms with Gasteiger partial charge in [-0.25, -0.2) is 0 Å². The first-order chi connectivity index (χ1) is 30.3. The summed E-state index contributed by atoms with van der Waals surface area (Å²) in [7, 11) is 0. The third-order valence-electron chi connectivity index (χ3n) is 12.5. The first-order valence-corrected chi connectivity index (χ1v) is 20.4. The number of para-hydroxylation sites is 4. The van der Waals surface area contributed by atoms with Crippen LogP contribution in [0.3, 0.4) is 0 Å². The minimum absolute atomic E-state index is 0. The summed E-state index contributed by atoms with van der Waals surface area (Å²) in [5.41, 5.74) is 10.8. The zero-order valence-corrected chi connectivity index (χ0v) is 34.3. The van der Waals surface area contributed by atoms with Crippen molar-refractivity contribution in [1.29, 1.82) is 0 Å². The number of imidazole rings is 2. The van der Waals surface area contributed by atoms with Gasteiger partial charge in [-0.15, -0.1) is 12.1 Å². The Morgan fingerprint density at radius 3 is 1.27 bits per heavy atom. The maximum atomic E-state index is 6.64. The molecule has 8 heteroatoms. The van der Waals surface area contributed by atoms with E-state index in [4.69, 9.17) is 14.7 Å². The van der Waals surface area contributed by atoms with Gasteiger partial charge >= 0.3 is 20.4 Å². The van der Waals surface area contributed by atoms with Gasteiger partial charge in [0.15, 0.2) is 0 Å². The number of nitrogens with zero attached hydrogens (tertiary/aromatic N) is 6. The summed E-state index contributed by atoms with van der Waals surface area (Å²) in [5, 5.41) is 10.9. The normalized spacial score (nSPS) is 12.1. The van der Waals surface area contributed by atoms with Gasteiger partial charge in [-0.3, -0.25) is 9.97 Å². The molecule has 8 aromatic carbocycles. The second-order valence-corrected chi connectivity index (χ2v) is 15.7. The fourth-order valence-corrected chi connectivity index (χ4v) is 10.1. The molecule has 0 amide bonds. The van der Waals surface area contributed by atoms with Gasteiger partial charge in [-0.1, -0.05) is 131 Å². The summed E-state index contributed by atoms with van der Waals surface area (Å²) in [4.78, 5) is 9.81. The van der Waals surface area contributed by atoms with Gasteiger partial charge in [0.2, 0.25) is 0 Å². The van der Waals surface area contributed by atoms with Gasteiger partial charge in [0.1, 0.15) is 0 Å². The number of benzene rings is 8. The molecule has 0 spiro atoms. The Balaban J connectivity index is 0.00000391. The number of hydrogen-bond donors (Lipinski definition) is 0. The molecule has 6 heterocycles. The molecular formula is C54H30N6OPd. The minimum atomic E-state index is 0. The second kappa shape index (κ2) is 13.1. The summed E-state index contributed by atoms with van der Waals surface area (Å²) in [6.07, 6.45) is 7.85. The molecular weight excluding hydrogens is 855 g/mol. The van der Waals surface area contributed by atoms with Crippen molar-refractivity contribution in [3.05, 3.63) is 195 Å². The van der Waals surface area contributed by atoms with Crippen LogP contribution in [0.15, 0.2) is 183 Å². The van der Waals surface area contributed by atoms with Crippen molar-refractivity contribution >= 4 is 98.3 Å². The zero-order chi connectivity index (χ0) is 39.8. The number of rotatable bonds is 4. The molecule has 0 aliphatic heterocycles. The third kappa shape index (κ3) is 4.73. The Kier molecular flexibility index (Phi) is 7.41. The average molecular weight is 885 g/mol. The van der Waals surface area contributed by atoms with E-state index in [-0.39, 0.29) is 20.4 Å². The first-order valence-electron chi connectivity index (χ1n) is 20.4. The van der Waals surface area contributed by atoms with Crippen molar-refractivity contribution in [3.8, 4) is 22.9 Å².